The average Bonchev–Trinajstić information content (AvgIpc) is 3.45. The number of aliphatic carboxylic acids is 2. The van der Waals surface area contributed by atoms with Gasteiger partial charge in [-0.1, -0.05) is 31.0 Å². The van der Waals surface area contributed by atoms with E-state index in [2.05, 4.69) is 4.98 Å². The van der Waals surface area contributed by atoms with Gasteiger partial charge in [0.1, 0.15) is 11.5 Å². The predicted octanol–water partition coefficient (Wildman–Crippen LogP) is 6.93. The molecule has 4 aromatic rings. The van der Waals surface area contributed by atoms with E-state index in [0.29, 0.717) is 30.9 Å². The number of carbonyl (C=O) groups is 2. The lowest BCUT2D eigenvalue weighted by atomic mass is 9.97. The zero-order valence-corrected chi connectivity index (χ0v) is 25.7. The Morgan fingerprint density at radius 3 is 2.34 bits per heavy atom. The van der Waals surface area contributed by atoms with E-state index in [1.807, 2.05) is 54.7 Å². The highest BCUT2D eigenvalue weighted by Crippen LogP contribution is 2.31. The van der Waals surface area contributed by atoms with Gasteiger partial charge in [-0.2, -0.15) is 0 Å². The number of unbranched alkanes of at least 4 members (excludes halogenated alkanes) is 3. The Hall–Kier alpha value is -4.31. The molecular formula is C34H41NO8S. The Balaban J connectivity index is 0.00000552. The highest BCUT2D eigenvalue weighted by molar-refractivity contribution is 7.90. The lowest BCUT2D eigenvalue weighted by Gasteiger charge is -2.15. The first-order valence-electron chi connectivity index (χ1n) is 14.8. The fourth-order valence-electron chi connectivity index (χ4n) is 5.13. The molecule has 236 valence electrons. The lowest BCUT2D eigenvalue weighted by molar-refractivity contribution is -0.138. The first kappa shape index (κ1) is 32.6. The molecule has 0 aliphatic heterocycles. The molecule has 0 spiro atoms. The fraction of sp³-hybridized carbons (Fsp3) is 0.353. The average molecular weight is 624 g/mol. The maximum atomic E-state index is 12.4. The summed E-state index contributed by atoms with van der Waals surface area (Å²) in [6, 6.07) is 18.7. The Morgan fingerprint density at radius 1 is 0.795 bits per heavy atom. The van der Waals surface area contributed by atoms with E-state index in [9.17, 15) is 23.1 Å². The molecule has 3 aromatic carbocycles. The Kier molecular flexibility index (Phi) is 11.4. The van der Waals surface area contributed by atoms with Gasteiger partial charge in [-0.15, -0.1) is 0 Å². The normalized spacial score (nSPS) is 11.5. The third-order valence-electron chi connectivity index (χ3n) is 7.42. The van der Waals surface area contributed by atoms with Crippen molar-refractivity contribution in [3.8, 4) is 22.6 Å². The summed E-state index contributed by atoms with van der Waals surface area (Å²) in [5, 5.41) is 19.1. The van der Waals surface area contributed by atoms with E-state index in [1.54, 1.807) is 12.1 Å². The Labute approximate surface area is 259 Å². The van der Waals surface area contributed by atoms with Crippen molar-refractivity contribution in [3.63, 3.8) is 0 Å². The zero-order valence-electron chi connectivity index (χ0n) is 24.9. The SMILES string of the molecule is CS(=O)(=O)c1cc(OCCCCCCc2cccc(OCCCC(=O)O)c2CCC(=O)O)cc(-c2ccc3[nH]ccc3c2)c1.[HH]. The molecule has 0 fully saturated rings. The van der Waals surface area contributed by atoms with Crippen LogP contribution in [0.2, 0.25) is 0 Å². The number of H-pyrrole nitrogens is 1. The Morgan fingerprint density at radius 2 is 1.57 bits per heavy atom. The number of aromatic amines is 1. The molecule has 0 saturated heterocycles. The summed E-state index contributed by atoms with van der Waals surface area (Å²) in [5.41, 5.74) is 4.60. The molecule has 0 amide bonds. The number of aromatic nitrogens is 1. The molecule has 4 rings (SSSR count). The minimum absolute atomic E-state index is 0. The van der Waals surface area contributed by atoms with Crippen LogP contribution in [0.15, 0.2) is 71.8 Å². The van der Waals surface area contributed by atoms with Gasteiger partial charge in [0.25, 0.3) is 0 Å². The van der Waals surface area contributed by atoms with Crippen LogP contribution in [0.5, 0.6) is 11.5 Å². The summed E-state index contributed by atoms with van der Waals surface area (Å²) in [4.78, 5) is 25.4. The Bertz CT molecular complexity index is 1700. The van der Waals surface area contributed by atoms with Crippen LogP contribution in [0.3, 0.4) is 0 Å². The maximum absolute atomic E-state index is 12.4. The number of benzene rings is 3. The zero-order chi connectivity index (χ0) is 31.5. The molecule has 1 heterocycles. The van der Waals surface area contributed by atoms with Gasteiger partial charge in [0.05, 0.1) is 18.1 Å². The van der Waals surface area contributed by atoms with Crippen LogP contribution in [0.4, 0.5) is 0 Å². The second-order valence-electron chi connectivity index (χ2n) is 10.9. The molecule has 0 aliphatic carbocycles. The predicted molar refractivity (Wildman–Crippen MR) is 171 cm³/mol. The van der Waals surface area contributed by atoms with E-state index in [4.69, 9.17) is 14.6 Å². The minimum atomic E-state index is -3.43. The van der Waals surface area contributed by atoms with Crippen molar-refractivity contribution in [2.45, 2.75) is 62.7 Å². The van der Waals surface area contributed by atoms with Crippen LogP contribution in [-0.4, -0.2) is 55.0 Å². The molecule has 0 saturated carbocycles. The molecule has 44 heavy (non-hydrogen) atoms. The third kappa shape index (κ3) is 9.60. The number of fused-ring (bicyclic) bond motifs is 1. The van der Waals surface area contributed by atoms with Gasteiger partial charge < -0.3 is 24.7 Å². The van der Waals surface area contributed by atoms with E-state index in [1.165, 1.54) is 6.26 Å². The molecule has 0 aliphatic rings. The number of aryl methyl sites for hydroxylation is 1. The number of rotatable bonds is 18. The monoisotopic (exact) mass is 623 g/mol. The first-order valence-corrected chi connectivity index (χ1v) is 16.7. The maximum Gasteiger partial charge on any atom is 0.303 e. The van der Waals surface area contributed by atoms with Gasteiger partial charge in [0.15, 0.2) is 9.84 Å². The minimum Gasteiger partial charge on any atom is -0.494 e. The van der Waals surface area contributed by atoms with Crippen LogP contribution in [0.25, 0.3) is 22.0 Å². The number of ether oxygens (including phenoxy) is 2. The lowest BCUT2D eigenvalue weighted by Crippen LogP contribution is -2.07. The molecule has 0 unspecified atom stereocenters. The molecular weight excluding hydrogens is 582 g/mol. The molecule has 0 bridgehead atoms. The fourth-order valence-corrected chi connectivity index (χ4v) is 5.80. The van der Waals surface area contributed by atoms with Crippen molar-refractivity contribution in [1.29, 1.82) is 0 Å². The number of carboxylic acid groups (broad SMARTS) is 2. The summed E-state index contributed by atoms with van der Waals surface area (Å²) < 4.78 is 36.6. The van der Waals surface area contributed by atoms with E-state index in [-0.39, 0.29) is 25.8 Å². The van der Waals surface area contributed by atoms with Crippen LogP contribution in [-0.2, 0) is 32.3 Å². The number of nitrogens with one attached hydrogen (secondary N) is 1. The number of carboxylic acids is 2. The summed E-state index contributed by atoms with van der Waals surface area (Å²) in [7, 11) is -3.43. The van der Waals surface area contributed by atoms with Gasteiger partial charge in [0, 0.05) is 32.2 Å². The van der Waals surface area contributed by atoms with Crippen molar-refractivity contribution < 1.29 is 39.1 Å². The van der Waals surface area contributed by atoms with Crippen LogP contribution >= 0.6 is 0 Å². The summed E-state index contributed by atoms with van der Waals surface area (Å²) in [5.74, 6) is -0.629. The van der Waals surface area contributed by atoms with Gasteiger partial charge in [0.2, 0.25) is 0 Å². The molecule has 10 heteroatoms. The molecule has 9 nitrogen and oxygen atoms in total. The molecule has 3 N–H and O–H groups in total. The first-order chi connectivity index (χ1) is 21.1. The van der Waals surface area contributed by atoms with Crippen molar-refractivity contribution in [2.75, 3.05) is 19.5 Å². The summed E-state index contributed by atoms with van der Waals surface area (Å²) >= 11 is 0. The largest absolute Gasteiger partial charge is 0.494 e. The van der Waals surface area contributed by atoms with Crippen LogP contribution in [0.1, 0.15) is 57.5 Å². The second kappa shape index (κ2) is 15.4. The van der Waals surface area contributed by atoms with E-state index < -0.39 is 21.8 Å². The van der Waals surface area contributed by atoms with Crippen molar-refractivity contribution >= 4 is 32.7 Å². The second-order valence-corrected chi connectivity index (χ2v) is 12.9. The molecule has 1 aromatic heterocycles. The number of sulfone groups is 1. The van der Waals surface area contributed by atoms with Crippen LogP contribution in [0, 0.1) is 0 Å². The summed E-state index contributed by atoms with van der Waals surface area (Å²) in [6.07, 6.45) is 8.12. The number of hydrogen-bond acceptors (Lipinski definition) is 6. The number of hydrogen-bond donors (Lipinski definition) is 3. The summed E-state index contributed by atoms with van der Waals surface area (Å²) in [6.45, 7) is 0.708. The van der Waals surface area contributed by atoms with Crippen molar-refractivity contribution in [3.05, 3.63) is 78.0 Å². The standard InChI is InChI=1S/C34H39NO8S.H2/c1-44(40,41)29-22-27(25-12-14-31-26(20-25)16-17-35-31)21-28(23-29)42-18-5-3-2-4-8-24-9-6-10-32(30(24)13-15-34(38)39)43-19-7-11-33(36)37;/h6,9-10,12,14,16-17,20-23,35H,2-5,7-8,11,13,15,18-19H2,1H3,(H,36,37)(H,38,39);1H. The van der Waals surface area contributed by atoms with Crippen molar-refractivity contribution in [1.82, 2.24) is 4.98 Å². The molecule has 0 radical (unpaired) electrons. The van der Waals surface area contributed by atoms with Crippen molar-refractivity contribution in [2.24, 2.45) is 0 Å². The highest BCUT2D eigenvalue weighted by atomic mass is 32.2. The molecule has 0 atom stereocenters. The van der Waals surface area contributed by atoms with Gasteiger partial charge in [-0.05, 0) is 102 Å². The van der Waals surface area contributed by atoms with Gasteiger partial charge >= 0.3 is 11.9 Å². The van der Waals surface area contributed by atoms with E-state index in [0.717, 1.165) is 65.3 Å². The topological polar surface area (TPSA) is 143 Å². The van der Waals surface area contributed by atoms with E-state index >= 15 is 0 Å². The highest BCUT2D eigenvalue weighted by Gasteiger charge is 2.14. The quantitative estimate of drug-likeness (QED) is 0.101. The van der Waals surface area contributed by atoms with Crippen LogP contribution < -0.4 is 9.47 Å². The van der Waals surface area contributed by atoms with Gasteiger partial charge in [-0.3, -0.25) is 9.59 Å². The third-order valence-corrected chi connectivity index (χ3v) is 8.51. The smallest absolute Gasteiger partial charge is 0.303 e. The van der Waals surface area contributed by atoms with Gasteiger partial charge in [-0.25, -0.2) is 8.42 Å².